The maximum absolute atomic E-state index is 9.52. The SMILES string of the molecule is Oc1cccc2c1C(O)C(O)CO2. The molecule has 0 saturated heterocycles. The van der Waals surface area contributed by atoms with E-state index in [1.54, 1.807) is 12.1 Å². The molecule has 3 N–H and O–H groups in total. The number of aromatic hydroxyl groups is 1. The molecule has 70 valence electrons. The number of phenols is 1. The van der Waals surface area contributed by atoms with Crippen LogP contribution in [0.15, 0.2) is 18.2 Å². The van der Waals surface area contributed by atoms with Crippen molar-refractivity contribution in [1.82, 2.24) is 0 Å². The molecule has 1 aliphatic rings. The van der Waals surface area contributed by atoms with Gasteiger partial charge in [0.15, 0.2) is 0 Å². The second kappa shape index (κ2) is 2.90. The predicted octanol–water partition coefficient (Wildman–Crippen LogP) is 0.179. The van der Waals surface area contributed by atoms with Crippen molar-refractivity contribution in [1.29, 1.82) is 0 Å². The molecular weight excluding hydrogens is 172 g/mol. The van der Waals surface area contributed by atoms with Crippen LogP contribution in [0.5, 0.6) is 11.5 Å². The van der Waals surface area contributed by atoms with E-state index in [9.17, 15) is 15.3 Å². The van der Waals surface area contributed by atoms with Gasteiger partial charge in [0, 0.05) is 0 Å². The van der Waals surface area contributed by atoms with Gasteiger partial charge in [-0.05, 0) is 12.1 Å². The first-order chi connectivity index (χ1) is 6.20. The van der Waals surface area contributed by atoms with Crippen molar-refractivity contribution in [2.24, 2.45) is 0 Å². The molecule has 2 unspecified atom stereocenters. The summed E-state index contributed by atoms with van der Waals surface area (Å²) >= 11 is 0. The molecule has 13 heavy (non-hydrogen) atoms. The van der Waals surface area contributed by atoms with Crippen LogP contribution >= 0.6 is 0 Å². The highest BCUT2D eigenvalue weighted by molar-refractivity contribution is 5.46. The van der Waals surface area contributed by atoms with Crippen molar-refractivity contribution >= 4 is 0 Å². The highest BCUT2D eigenvalue weighted by Crippen LogP contribution is 2.37. The van der Waals surface area contributed by atoms with Gasteiger partial charge < -0.3 is 20.1 Å². The number of fused-ring (bicyclic) bond motifs is 1. The standard InChI is InChI=1S/C9H10O4/c10-5-2-1-3-7-8(5)9(12)6(11)4-13-7/h1-3,6,9-12H,4H2. The smallest absolute Gasteiger partial charge is 0.129 e. The van der Waals surface area contributed by atoms with Crippen molar-refractivity contribution < 1.29 is 20.1 Å². The Kier molecular flexibility index (Phi) is 1.86. The normalized spacial score (nSPS) is 26.3. The van der Waals surface area contributed by atoms with Crippen LogP contribution < -0.4 is 4.74 Å². The molecule has 4 nitrogen and oxygen atoms in total. The zero-order chi connectivity index (χ0) is 9.42. The minimum atomic E-state index is -1.06. The summed E-state index contributed by atoms with van der Waals surface area (Å²) in [5.74, 6) is 0.376. The topological polar surface area (TPSA) is 69.9 Å². The largest absolute Gasteiger partial charge is 0.507 e. The number of ether oxygens (including phenoxy) is 1. The second-order valence-electron chi connectivity index (χ2n) is 3.01. The molecule has 0 spiro atoms. The van der Waals surface area contributed by atoms with Crippen molar-refractivity contribution in [3.8, 4) is 11.5 Å². The molecule has 4 heteroatoms. The zero-order valence-electron chi connectivity index (χ0n) is 6.84. The number of hydrogen-bond donors (Lipinski definition) is 3. The molecule has 1 aromatic carbocycles. The summed E-state index contributed by atoms with van der Waals surface area (Å²) in [4.78, 5) is 0. The van der Waals surface area contributed by atoms with Gasteiger partial charge in [0.05, 0.1) is 5.56 Å². The van der Waals surface area contributed by atoms with Gasteiger partial charge in [-0.1, -0.05) is 6.07 Å². The van der Waals surface area contributed by atoms with Gasteiger partial charge >= 0.3 is 0 Å². The van der Waals surface area contributed by atoms with E-state index in [2.05, 4.69) is 0 Å². The molecule has 1 aliphatic heterocycles. The summed E-state index contributed by atoms with van der Waals surface area (Å²) < 4.78 is 5.12. The molecule has 0 bridgehead atoms. The maximum Gasteiger partial charge on any atom is 0.129 e. The van der Waals surface area contributed by atoms with Crippen molar-refractivity contribution in [2.45, 2.75) is 12.2 Å². The molecular formula is C9H10O4. The molecule has 2 rings (SSSR count). The van der Waals surface area contributed by atoms with Crippen molar-refractivity contribution in [3.63, 3.8) is 0 Å². The zero-order valence-corrected chi connectivity index (χ0v) is 6.84. The van der Waals surface area contributed by atoms with E-state index >= 15 is 0 Å². The number of hydrogen-bond acceptors (Lipinski definition) is 4. The molecule has 0 amide bonds. The average Bonchev–Trinajstić information content (AvgIpc) is 2.12. The highest BCUT2D eigenvalue weighted by Gasteiger charge is 2.29. The first-order valence-electron chi connectivity index (χ1n) is 4.01. The minimum Gasteiger partial charge on any atom is -0.507 e. The van der Waals surface area contributed by atoms with Crippen LogP contribution in [0.3, 0.4) is 0 Å². The Labute approximate surface area is 75.0 Å². The Morgan fingerprint density at radius 1 is 1.31 bits per heavy atom. The van der Waals surface area contributed by atoms with Gasteiger partial charge in [0.25, 0.3) is 0 Å². The molecule has 1 aromatic rings. The Balaban J connectivity index is 2.51. The quantitative estimate of drug-likeness (QED) is 0.535. The van der Waals surface area contributed by atoms with Crippen LogP contribution in [-0.2, 0) is 0 Å². The van der Waals surface area contributed by atoms with E-state index < -0.39 is 12.2 Å². The van der Waals surface area contributed by atoms with Crippen LogP contribution in [0, 0.1) is 0 Å². The first-order valence-corrected chi connectivity index (χ1v) is 4.01. The fourth-order valence-electron chi connectivity index (χ4n) is 1.41. The lowest BCUT2D eigenvalue weighted by atomic mass is 10.0. The molecule has 0 aromatic heterocycles. The Hall–Kier alpha value is -1.26. The van der Waals surface area contributed by atoms with E-state index in [4.69, 9.17) is 4.74 Å². The monoisotopic (exact) mass is 182 g/mol. The number of phenolic OH excluding ortho intramolecular Hbond substituents is 1. The fraction of sp³-hybridized carbons (Fsp3) is 0.333. The predicted molar refractivity (Wildman–Crippen MR) is 44.6 cm³/mol. The van der Waals surface area contributed by atoms with Crippen LogP contribution in [0.4, 0.5) is 0 Å². The Morgan fingerprint density at radius 2 is 2.08 bits per heavy atom. The summed E-state index contributed by atoms with van der Waals surface area (Å²) in [7, 11) is 0. The molecule has 0 radical (unpaired) electrons. The van der Waals surface area contributed by atoms with Gasteiger partial charge in [0.1, 0.15) is 30.3 Å². The van der Waals surface area contributed by atoms with E-state index in [-0.39, 0.29) is 17.9 Å². The number of aliphatic hydroxyl groups is 2. The van der Waals surface area contributed by atoms with Gasteiger partial charge in [-0.2, -0.15) is 0 Å². The maximum atomic E-state index is 9.52. The third-order valence-corrected chi connectivity index (χ3v) is 2.11. The van der Waals surface area contributed by atoms with Crippen LogP contribution in [-0.4, -0.2) is 28.0 Å². The van der Waals surface area contributed by atoms with Gasteiger partial charge in [-0.15, -0.1) is 0 Å². The summed E-state index contributed by atoms with van der Waals surface area (Å²) in [6.45, 7) is 0.0532. The highest BCUT2D eigenvalue weighted by atomic mass is 16.5. The molecule has 0 saturated carbocycles. The van der Waals surface area contributed by atoms with Crippen LogP contribution in [0.25, 0.3) is 0 Å². The van der Waals surface area contributed by atoms with Crippen LogP contribution in [0.1, 0.15) is 11.7 Å². The molecule has 2 atom stereocenters. The third-order valence-electron chi connectivity index (χ3n) is 2.11. The van der Waals surface area contributed by atoms with E-state index in [1.165, 1.54) is 6.07 Å². The summed E-state index contributed by atoms with van der Waals surface area (Å²) in [5, 5.41) is 28.2. The lowest BCUT2D eigenvalue weighted by Crippen LogP contribution is -2.30. The Bertz CT molecular complexity index is 323. The fourth-order valence-corrected chi connectivity index (χ4v) is 1.41. The van der Waals surface area contributed by atoms with E-state index in [0.29, 0.717) is 5.75 Å². The lowest BCUT2D eigenvalue weighted by molar-refractivity contribution is -0.0268. The number of aliphatic hydroxyl groups excluding tert-OH is 2. The second-order valence-corrected chi connectivity index (χ2v) is 3.01. The molecule has 0 fully saturated rings. The van der Waals surface area contributed by atoms with Gasteiger partial charge in [-0.3, -0.25) is 0 Å². The third kappa shape index (κ3) is 1.24. The molecule has 0 aliphatic carbocycles. The Morgan fingerprint density at radius 3 is 2.85 bits per heavy atom. The number of rotatable bonds is 0. The van der Waals surface area contributed by atoms with Gasteiger partial charge in [0.2, 0.25) is 0 Å². The average molecular weight is 182 g/mol. The molecule has 1 heterocycles. The van der Waals surface area contributed by atoms with Gasteiger partial charge in [-0.25, -0.2) is 0 Å². The van der Waals surface area contributed by atoms with Crippen LogP contribution in [0.2, 0.25) is 0 Å². The number of benzene rings is 1. The van der Waals surface area contributed by atoms with E-state index in [0.717, 1.165) is 0 Å². The lowest BCUT2D eigenvalue weighted by Gasteiger charge is -2.27. The summed E-state index contributed by atoms with van der Waals surface area (Å²) in [6, 6.07) is 4.71. The minimum absolute atomic E-state index is 0.0521. The van der Waals surface area contributed by atoms with Crippen molar-refractivity contribution in [2.75, 3.05) is 6.61 Å². The summed E-state index contributed by atoms with van der Waals surface area (Å²) in [5.41, 5.74) is 0.265. The summed E-state index contributed by atoms with van der Waals surface area (Å²) in [6.07, 6.45) is -2.04. The first kappa shape index (κ1) is 8.34. The van der Waals surface area contributed by atoms with E-state index in [1.807, 2.05) is 0 Å². The van der Waals surface area contributed by atoms with Crippen molar-refractivity contribution in [3.05, 3.63) is 23.8 Å².